The molecule has 1 aromatic rings. The van der Waals surface area contributed by atoms with Gasteiger partial charge in [0.2, 0.25) is 10.0 Å². The number of nitrogens with two attached hydrogens (primary N) is 1. The van der Waals surface area contributed by atoms with Crippen molar-refractivity contribution in [3.8, 4) is 5.75 Å². The van der Waals surface area contributed by atoms with Crippen molar-refractivity contribution >= 4 is 21.4 Å². The van der Waals surface area contributed by atoms with E-state index in [0.717, 1.165) is 12.8 Å². The topological polar surface area (TPSA) is 72.6 Å². The fraction of sp³-hybridized carbons (Fsp3) is 0.455. The molecular formula is C11H16N2O3S. The second-order valence-electron chi connectivity index (χ2n) is 4.02. The molecule has 0 radical (unpaired) electrons. The molecule has 5 nitrogen and oxygen atoms in total. The summed E-state index contributed by atoms with van der Waals surface area (Å²) in [5.74, 6) is 0.819. The van der Waals surface area contributed by atoms with E-state index in [1.54, 1.807) is 25.3 Å². The second kappa shape index (κ2) is 4.44. The lowest BCUT2D eigenvalue weighted by Crippen LogP contribution is -2.38. The number of nitrogens with zero attached hydrogens (tertiary/aromatic N) is 1. The van der Waals surface area contributed by atoms with Crippen molar-refractivity contribution in [1.29, 1.82) is 0 Å². The molecule has 94 valence electrons. The summed E-state index contributed by atoms with van der Waals surface area (Å²) >= 11 is 0. The average molecular weight is 256 g/mol. The monoisotopic (exact) mass is 256 g/mol. The van der Waals surface area contributed by atoms with E-state index in [0.29, 0.717) is 23.7 Å². The molecule has 0 unspecified atom stereocenters. The van der Waals surface area contributed by atoms with E-state index in [-0.39, 0.29) is 5.75 Å². The largest absolute Gasteiger partial charge is 0.497 e. The van der Waals surface area contributed by atoms with Crippen LogP contribution in [0.25, 0.3) is 0 Å². The van der Waals surface area contributed by atoms with Crippen LogP contribution in [-0.2, 0) is 10.0 Å². The van der Waals surface area contributed by atoms with Crippen LogP contribution in [0.4, 0.5) is 11.4 Å². The van der Waals surface area contributed by atoms with Crippen molar-refractivity contribution in [3.63, 3.8) is 0 Å². The third-order valence-corrected chi connectivity index (χ3v) is 4.71. The number of ether oxygens (including phenoxy) is 1. The fourth-order valence-corrected chi connectivity index (χ4v) is 3.61. The van der Waals surface area contributed by atoms with Crippen LogP contribution in [0.5, 0.6) is 5.75 Å². The van der Waals surface area contributed by atoms with Crippen molar-refractivity contribution in [2.75, 3.05) is 29.4 Å². The van der Waals surface area contributed by atoms with Gasteiger partial charge in [0.25, 0.3) is 0 Å². The maximum Gasteiger partial charge on any atom is 0.235 e. The van der Waals surface area contributed by atoms with Gasteiger partial charge in [0.1, 0.15) is 5.75 Å². The first kappa shape index (κ1) is 12.0. The molecule has 0 aromatic heterocycles. The summed E-state index contributed by atoms with van der Waals surface area (Å²) in [6.07, 6.45) is 1.58. The highest BCUT2D eigenvalue weighted by Gasteiger charge is 2.27. The van der Waals surface area contributed by atoms with Crippen LogP contribution in [0.15, 0.2) is 18.2 Å². The van der Waals surface area contributed by atoms with E-state index in [9.17, 15) is 8.42 Å². The molecule has 17 heavy (non-hydrogen) atoms. The Morgan fingerprint density at radius 3 is 2.71 bits per heavy atom. The van der Waals surface area contributed by atoms with Crippen LogP contribution in [-0.4, -0.2) is 27.8 Å². The maximum atomic E-state index is 11.9. The molecule has 0 saturated carbocycles. The van der Waals surface area contributed by atoms with Gasteiger partial charge in [-0.25, -0.2) is 8.42 Å². The summed E-state index contributed by atoms with van der Waals surface area (Å²) in [6.45, 7) is 0.499. The Morgan fingerprint density at radius 1 is 1.35 bits per heavy atom. The number of nitrogen functional groups attached to an aromatic ring is 1. The molecule has 1 saturated heterocycles. The molecule has 2 rings (SSSR count). The molecule has 0 aliphatic carbocycles. The summed E-state index contributed by atoms with van der Waals surface area (Å²) in [5.41, 5.74) is 6.84. The van der Waals surface area contributed by atoms with Gasteiger partial charge in [-0.2, -0.15) is 0 Å². The summed E-state index contributed by atoms with van der Waals surface area (Å²) in [7, 11) is -1.66. The van der Waals surface area contributed by atoms with Crippen LogP contribution in [0.1, 0.15) is 12.8 Å². The molecule has 1 fully saturated rings. The average Bonchev–Trinajstić information content (AvgIpc) is 2.29. The standard InChI is InChI=1S/C11H16N2O3S/c1-16-9-4-5-11(10(12)8-9)13-6-2-3-7-17(13,14)15/h4-5,8H,2-3,6-7,12H2,1H3. The fourth-order valence-electron chi connectivity index (χ4n) is 1.95. The van der Waals surface area contributed by atoms with Crippen molar-refractivity contribution in [1.82, 2.24) is 0 Å². The van der Waals surface area contributed by atoms with Crippen LogP contribution < -0.4 is 14.8 Å². The summed E-state index contributed by atoms with van der Waals surface area (Å²) in [4.78, 5) is 0. The quantitative estimate of drug-likeness (QED) is 0.807. The third-order valence-electron chi connectivity index (χ3n) is 2.85. The summed E-state index contributed by atoms with van der Waals surface area (Å²) in [6, 6.07) is 5.05. The van der Waals surface area contributed by atoms with Crippen LogP contribution >= 0.6 is 0 Å². The Balaban J connectivity index is 2.39. The van der Waals surface area contributed by atoms with Gasteiger partial charge in [0, 0.05) is 12.6 Å². The Labute approximate surface area is 101 Å². The lowest BCUT2D eigenvalue weighted by atomic mass is 10.2. The lowest BCUT2D eigenvalue weighted by molar-refractivity contribution is 0.415. The molecule has 2 N–H and O–H groups in total. The van der Waals surface area contributed by atoms with Crippen molar-refractivity contribution in [2.24, 2.45) is 0 Å². The molecule has 1 aliphatic rings. The zero-order valence-electron chi connectivity index (χ0n) is 9.72. The minimum Gasteiger partial charge on any atom is -0.497 e. The molecule has 1 aromatic carbocycles. The zero-order chi connectivity index (χ0) is 12.5. The third kappa shape index (κ3) is 2.31. The molecule has 0 amide bonds. The van der Waals surface area contributed by atoms with Crippen molar-refractivity contribution in [3.05, 3.63) is 18.2 Å². The first-order valence-corrected chi connectivity index (χ1v) is 7.09. The normalized spacial score (nSPS) is 19.0. The van der Waals surface area contributed by atoms with Crippen molar-refractivity contribution < 1.29 is 13.2 Å². The molecule has 1 heterocycles. The number of hydrogen-bond acceptors (Lipinski definition) is 4. The predicted molar refractivity (Wildman–Crippen MR) is 67.8 cm³/mol. The number of benzene rings is 1. The molecule has 0 atom stereocenters. The van der Waals surface area contributed by atoms with E-state index < -0.39 is 10.0 Å². The number of rotatable bonds is 2. The number of anilines is 2. The molecule has 0 spiro atoms. The highest BCUT2D eigenvalue weighted by molar-refractivity contribution is 7.92. The van der Waals surface area contributed by atoms with Gasteiger partial charge in [0.15, 0.2) is 0 Å². The number of sulfonamides is 1. The lowest BCUT2D eigenvalue weighted by Gasteiger charge is -2.29. The first-order valence-electron chi connectivity index (χ1n) is 5.48. The van der Waals surface area contributed by atoms with Gasteiger partial charge in [0.05, 0.1) is 24.2 Å². The van der Waals surface area contributed by atoms with Crippen LogP contribution in [0, 0.1) is 0 Å². The van der Waals surface area contributed by atoms with E-state index in [4.69, 9.17) is 10.5 Å². The Morgan fingerprint density at radius 2 is 2.12 bits per heavy atom. The van der Waals surface area contributed by atoms with E-state index in [1.165, 1.54) is 4.31 Å². The van der Waals surface area contributed by atoms with Gasteiger partial charge < -0.3 is 10.5 Å². The van der Waals surface area contributed by atoms with Gasteiger partial charge in [-0.05, 0) is 25.0 Å². The minimum absolute atomic E-state index is 0.193. The number of hydrogen-bond donors (Lipinski definition) is 1. The van der Waals surface area contributed by atoms with Crippen LogP contribution in [0.2, 0.25) is 0 Å². The number of methoxy groups -OCH3 is 1. The van der Waals surface area contributed by atoms with Crippen molar-refractivity contribution in [2.45, 2.75) is 12.8 Å². The predicted octanol–water partition coefficient (Wildman–Crippen LogP) is 1.21. The first-order chi connectivity index (χ1) is 8.04. The van der Waals surface area contributed by atoms with E-state index >= 15 is 0 Å². The molecule has 6 heteroatoms. The Hall–Kier alpha value is -1.43. The molecule has 1 aliphatic heterocycles. The zero-order valence-corrected chi connectivity index (χ0v) is 10.5. The minimum atomic E-state index is -3.21. The Kier molecular flexibility index (Phi) is 3.15. The van der Waals surface area contributed by atoms with E-state index in [1.807, 2.05) is 0 Å². The van der Waals surface area contributed by atoms with E-state index in [2.05, 4.69) is 0 Å². The molecular weight excluding hydrogens is 240 g/mol. The second-order valence-corrected chi connectivity index (χ2v) is 6.03. The Bertz CT molecular complexity index is 513. The highest BCUT2D eigenvalue weighted by atomic mass is 32.2. The molecule has 0 bridgehead atoms. The highest BCUT2D eigenvalue weighted by Crippen LogP contribution is 2.31. The SMILES string of the molecule is COc1ccc(N2CCCCS2(=O)=O)c(N)c1. The van der Waals surface area contributed by atoms with Crippen LogP contribution in [0.3, 0.4) is 0 Å². The summed E-state index contributed by atoms with van der Waals surface area (Å²) < 4.78 is 30.3. The van der Waals surface area contributed by atoms with Gasteiger partial charge in [-0.3, -0.25) is 4.31 Å². The van der Waals surface area contributed by atoms with Gasteiger partial charge >= 0.3 is 0 Å². The smallest absolute Gasteiger partial charge is 0.235 e. The van der Waals surface area contributed by atoms with Gasteiger partial charge in [-0.1, -0.05) is 0 Å². The van der Waals surface area contributed by atoms with Gasteiger partial charge in [-0.15, -0.1) is 0 Å². The summed E-state index contributed by atoms with van der Waals surface area (Å²) in [5, 5.41) is 0. The maximum absolute atomic E-state index is 11.9.